The Bertz CT molecular complexity index is 460. The summed E-state index contributed by atoms with van der Waals surface area (Å²) in [7, 11) is 0. The van der Waals surface area contributed by atoms with Crippen LogP contribution in [0, 0.1) is 0 Å². The van der Waals surface area contributed by atoms with Gasteiger partial charge >= 0.3 is 5.97 Å². The number of ether oxygens (including phenoxy) is 1. The summed E-state index contributed by atoms with van der Waals surface area (Å²) in [4.78, 5) is 15.4. The van der Waals surface area contributed by atoms with E-state index < -0.39 is 12.0 Å². The van der Waals surface area contributed by atoms with Gasteiger partial charge in [-0.2, -0.15) is 0 Å². The molecule has 0 saturated carbocycles. The molecule has 2 aromatic rings. The molecular weight excluding hydrogens is 212 g/mol. The molecule has 1 atom stereocenters. The summed E-state index contributed by atoms with van der Waals surface area (Å²) in [5.41, 5.74) is 6.21. The van der Waals surface area contributed by atoms with Gasteiger partial charge in [0.25, 0.3) is 5.19 Å². The van der Waals surface area contributed by atoms with Crippen LogP contribution >= 0.6 is 11.3 Å². The summed E-state index contributed by atoms with van der Waals surface area (Å²) in [5.74, 6) is -0.464. The third kappa shape index (κ3) is 2.14. The summed E-state index contributed by atoms with van der Waals surface area (Å²) in [6, 6.07) is 6.97. The molecule has 2 rings (SSSR count). The lowest BCUT2D eigenvalue weighted by Gasteiger charge is -2.01. The predicted octanol–water partition coefficient (Wildman–Crippen LogP) is 1.55. The predicted molar refractivity (Wildman–Crippen MR) is 58.9 cm³/mol. The van der Waals surface area contributed by atoms with Crippen LogP contribution in [0.15, 0.2) is 24.3 Å². The Hall–Kier alpha value is -1.46. The molecule has 0 unspecified atom stereocenters. The number of rotatable bonds is 2. The minimum absolute atomic E-state index is 0.346. The number of carbonyl (C=O) groups is 1. The lowest BCUT2D eigenvalue weighted by Crippen LogP contribution is -2.30. The van der Waals surface area contributed by atoms with Crippen LogP contribution in [-0.2, 0) is 4.79 Å². The zero-order chi connectivity index (χ0) is 10.8. The third-order valence-electron chi connectivity index (χ3n) is 1.83. The lowest BCUT2D eigenvalue weighted by atomic mass is 10.3. The number of hydrogen-bond acceptors (Lipinski definition) is 5. The van der Waals surface area contributed by atoms with E-state index in [1.807, 2.05) is 24.3 Å². The highest BCUT2D eigenvalue weighted by Crippen LogP contribution is 2.27. The summed E-state index contributed by atoms with van der Waals surface area (Å²) in [5, 5.41) is 0.346. The highest BCUT2D eigenvalue weighted by molar-refractivity contribution is 7.20. The molecule has 0 bridgehead atoms. The Morgan fingerprint density at radius 3 is 2.93 bits per heavy atom. The first-order valence-electron chi connectivity index (χ1n) is 4.49. The first kappa shape index (κ1) is 10.1. The zero-order valence-corrected chi connectivity index (χ0v) is 8.95. The van der Waals surface area contributed by atoms with Gasteiger partial charge in [-0.15, -0.1) is 0 Å². The van der Waals surface area contributed by atoms with E-state index in [1.165, 1.54) is 11.3 Å². The van der Waals surface area contributed by atoms with E-state index in [4.69, 9.17) is 10.5 Å². The average Bonchev–Trinajstić information content (AvgIpc) is 2.59. The second-order valence-corrected chi connectivity index (χ2v) is 4.15. The highest BCUT2D eigenvalue weighted by Gasteiger charge is 2.13. The molecule has 0 amide bonds. The van der Waals surface area contributed by atoms with Gasteiger partial charge in [-0.3, -0.25) is 0 Å². The first-order valence-corrected chi connectivity index (χ1v) is 5.31. The fraction of sp³-hybridized carbons (Fsp3) is 0.200. The molecule has 0 spiro atoms. The number of aromatic nitrogens is 1. The molecule has 2 N–H and O–H groups in total. The van der Waals surface area contributed by atoms with Gasteiger partial charge in [-0.25, -0.2) is 9.78 Å². The molecule has 0 aliphatic heterocycles. The van der Waals surface area contributed by atoms with Crippen molar-refractivity contribution in [3.8, 4) is 5.19 Å². The number of thiazole rings is 1. The van der Waals surface area contributed by atoms with Crippen LogP contribution in [-0.4, -0.2) is 17.0 Å². The Balaban J connectivity index is 2.26. The number of nitrogens with two attached hydrogens (primary N) is 1. The van der Waals surface area contributed by atoms with E-state index in [0.717, 1.165) is 10.2 Å². The Kier molecular flexibility index (Phi) is 2.66. The van der Waals surface area contributed by atoms with E-state index in [0.29, 0.717) is 5.19 Å². The van der Waals surface area contributed by atoms with Gasteiger partial charge in [-0.1, -0.05) is 23.5 Å². The largest absolute Gasteiger partial charge is 0.397 e. The molecular formula is C10H10N2O2S. The van der Waals surface area contributed by atoms with Crippen LogP contribution in [0.2, 0.25) is 0 Å². The van der Waals surface area contributed by atoms with Gasteiger partial charge < -0.3 is 10.5 Å². The van der Waals surface area contributed by atoms with Crippen molar-refractivity contribution in [3.05, 3.63) is 24.3 Å². The van der Waals surface area contributed by atoms with Crippen molar-refractivity contribution in [2.75, 3.05) is 0 Å². The molecule has 15 heavy (non-hydrogen) atoms. The Morgan fingerprint density at radius 1 is 1.53 bits per heavy atom. The van der Waals surface area contributed by atoms with Crippen LogP contribution in [0.25, 0.3) is 10.2 Å². The van der Waals surface area contributed by atoms with Crippen LogP contribution in [0.5, 0.6) is 5.19 Å². The van der Waals surface area contributed by atoms with Crippen LogP contribution in [0.4, 0.5) is 0 Å². The van der Waals surface area contributed by atoms with Gasteiger partial charge in [0.05, 0.1) is 10.2 Å². The van der Waals surface area contributed by atoms with E-state index >= 15 is 0 Å². The van der Waals surface area contributed by atoms with Gasteiger partial charge in [0, 0.05) is 0 Å². The second-order valence-electron chi connectivity index (χ2n) is 3.16. The molecule has 0 saturated heterocycles. The minimum Gasteiger partial charge on any atom is -0.397 e. The molecule has 0 fully saturated rings. The number of nitrogens with zero attached hydrogens (tertiary/aromatic N) is 1. The number of fused-ring (bicyclic) bond motifs is 1. The smallest absolute Gasteiger partial charge is 0.329 e. The van der Waals surface area contributed by atoms with Gasteiger partial charge in [0.2, 0.25) is 0 Å². The maximum Gasteiger partial charge on any atom is 0.329 e. The van der Waals surface area contributed by atoms with Crippen molar-refractivity contribution < 1.29 is 9.53 Å². The number of esters is 1. The second kappa shape index (κ2) is 3.96. The maximum absolute atomic E-state index is 11.2. The number of hydrogen-bond donors (Lipinski definition) is 1. The fourth-order valence-electron chi connectivity index (χ4n) is 1.07. The minimum atomic E-state index is -0.628. The number of benzene rings is 1. The quantitative estimate of drug-likeness (QED) is 0.783. The Morgan fingerprint density at radius 2 is 2.27 bits per heavy atom. The van der Waals surface area contributed by atoms with E-state index in [2.05, 4.69) is 4.98 Å². The third-order valence-corrected chi connectivity index (χ3v) is 2.75. The van der Waals surface area contributed by atoms with E-state index in [-0.39, 0.29) is 0 Å². The molecule has 0 aliphatic rings. The standard InChI is InChI=1S/C10H10N2O2S/c1-6(11)9(13)14-10-12-7-4-2-3-5-8(7)15-10/h2-6H,11H2,1H3/t6-/m0/s1. The van der Waals surface area contributed by atoms with Crippen molar-refractivity contribution in [2.45, 2.75) is 13.0 Å². The summed E-state index contributed by atoms with van der Waals surface area (Å²) >= 11 is 1.33. The molecule has 0 radical (unpaired) electrons. The van der Waals surface area contributed by atoms with Crippen LogP contribution in [0.1, 0.15) is 6.92 Å². The molecule has 1 aromatic carbocycles. The van der Waals surface area contributed by atoms with E-state index in [1.54, 1.807) is 6.92 Å². The normalized spacial score (nSPS) is 12.7. The molecule has 0 aliphatic carbocycles. The SMILES string of the molecule is C[C@H](N)C(=O)Oc1nc2ccccc2s1. The summed E-state index contributed by atoms with van der Waals surface area (Å²) in [6.07, 6.45) is 0. The van der Waals surface area contributed by atoms with Crippen molar-refractivity contribution in [1.82, 2.24) is 4.98 Å². The van der Waals surface area contributed by atoms with Crippen LogP contribution < -0.4 is 10.5 Å². The number of para-hydroxylation sites is 1. The molecule has 5 heteroatoms. The average molecular weight is 222 g/mol. The van der Waals surface area contributed by atoms with Gasteiger partial charge in [-0.05, 0) is 19.1 Å². The molecule has 1 aromatic heterocycles. The molecule has 4 nitrogen and oxygen atoms in total. The van der Waals surface area contributed by atoms with Gasteiger partial charge in [0.15, 0.2) is 0 Å². The summed E-state index contributed by atoms with van der Waals surface area (Å²) in [6.45, 7) is 1.58. The maximum atomic E-state index is 11.2. The Labute approximate surface area is 90.7 Å². The fourth-order valence-corrected chi connectivity index (χ4v) is 1.89. The number of carbonyl (C=O) groups excluding carboxylic acids is 1. The molecule has 1 heterocycles. The summed E-state index contributed by atoms with van der Waals surface area (Å²) < 4.78 is 5.99. The molecule has 78 valence electrons. The van der Waals surface area contributed by atoms with Crippen molar-refractivity contribution in [3.63, 3.8) is 0 Å². The zero-order valence-electron chi connectivity index (χ0n) is 8.14. The van der Waals surface area contributed by atoms with Crippen LogP contribution in [0.3, 0.4) is 0 Å². The van der Waals surface area contributed by atoms with Crippen molar-refractivity contribution >= 4 is 27.5 Å². The highest BCUT2D eigenvalue weighted by atomic mass is 32.1. The lowest BCUT2D eigenvalue weighted by molar-refractivity contribution is -0.135. The first-order chi connectivity index (χ1) is 7.16. The van der Waals surface area contributed by atoms with Crippen molar-refractivity contribution in [2.24, 2.45) is 5.73 Å². The van der Waals surface area contributed by atoms with Gasteiger partial charge in [0.1, 0.15) is 6.04 Å². The topological polar surface area (TPSA) is 65.2 Å². The van der Waals surface area contributed by atoms with E-state index in [9.17, 15) is 4.79 Å². The van der Waals surface area contributed by atoms with Crippen molar-refractivity contribution in [1.29, 1.82) is 0 Å². The monoisotopic (exact) mass is 222 g/mol.